The van der Waals surface area contributed by atoms with Crippen molar-refractivity contribution < 1.29 is 13.9 Å². The van der Waals surface area contributed by atoms with Crippen LogP contribution in [0.15, 0.2) is 28.7 Å². The summed E-state index contributed by atoms with van der Waals surface area (Å²) >= 11 is 0. The highest BCUT2D eigenvalue weighted by Crippen LogP contribution is 2.30. The molecule has 1 amide bonds. The maximum Gasteiger partial charge on any atom is 0.247 e. The lowest BCUT2D eigenvalue weighted by Gasteiger charge is -2.31. The first kappa shape index (κ1) is 16.5. The Morgan fingerprint density at radius 3 is 2.71 bits per heavy atom. The van der Waals surface area contributed by atoms with Gasteiger partial charge >= 0.3 is 0 Å². The van der Waals surface area contributed by atoms with Crippen LogP contribution in [-0.4, -0.2) is 41.2 Å². The van der Waals surface area contributed by atoms with Crippen LogP contribution < -0.4 is 4.74 Å². The molecule has 1 aliphatic rings. The maximum atomic E-state index is 12.1. The minimum Gasteiger partial charge on any atom is -0.497 e. The number of rotatable bonds is 4. The Morgan fingerprint density at radius 1 is 1.29 bits per heavy atom. The summed E-state index contributed by atoms with van der Waals surface area (Å²) in [6.45, 7) is 5.37. The van der Waals surface area contributed by atoms with Crippen LogP contribution in [0, 0.1) is 5.92 Å². The van der Waals surface area contributed by atoms with Gasteiger partial charge in [-0.3, -0.25) is 4.79 Å². The highest BCUT2D eigenvalue weighted by Gasteiger charge is 2.28. The molecule has 1 aromatic carbocycles. The molecule has 3 rings (SSSR count). The zero-order chi connectivity index (χ0) is 17.1. The Hall–Kier alpha value is -2.37. The molecule has 2 aromatic rings. The summed E-state index contributed by atoms with van der Waals surface area (Å²) in [5, 5.41) is 8.38. The number of carbonyl (C=O) groups is 1. The van der Waals surface area contributed by atoms with E-state index in [1.54, 1.807) is 7.11 Å². The smallest absolute Gasteiger partial charge is 0.247 e. The average molecular weight is 329 g/mol. The minimum atomic E-state index is 0.0459. The van der Waals surface area contributed by atoms with Crippen molar-refractivity contribution in [2.45, 2.75) is 32.6 Å². The first-order chi connectivity index (χ1) is 11.6. The number of piperidine rings is 1. The van der Waals surface area contributed by atoms with E-state index in [0.29, 0.717) is 11.8 Å². The van der Waals surface area contributed by atoms with Crippen molar-refractivity contribution in [3.8, 4) is 17.2 Å². The molecule has 0 unspecified atom stereocenters. The standard InChI is InChI=1S/C18H23N3O3/c1-12(2)18(22)21-9-7-13(8-10-21)16-19-20-17(24-16)14-5-4-6-15(11-14)23-3/h4-6,11-13H,7-10H2,1-3H3. The van der Waals surface area contributed by atoms with Crippen LogP contribution in [0.5, 0.6) is 5.75 Å². The van der Waals surface area contributed by atoms with Crippen LogP contribution in [-0.2, 0) is 4.79 Å². The molecule has 2 heterocycles. The number of benzene rings is 1. The van der Waals surface area contributed by atoms with Crippen molar-refractivity contribution in [1.82, 2.24) is 15.1 Å². The van der Waals surface area contributed by atoms with Crippen LogP contribution in [0.1, 0.15) is 38.5 Å². The quantitative estimate of drug-likeness (QED) is 0.862. The molecule has 1 fully saturated rings. The summed E-state index contributed by atoms with van der Waals surface area (Å²) in [6, 6.07) is 7.57. The topological polar surface area (TPSA) is 68.5 Å². The van der Waals surface area contributed by atoms with Gasteiger partial charge in [0.25, 0.3) is 0 Å². The Morgan fingerprint density at radius 2 is 2.04 bits per heavy atom. The lowest BCUT2D eigenvalue weighted by molar-refractivity contribution is -0.135. The van der Waals surface area contributed by atoms with E-state index < -0.39 is 0 Å². The highest BCUT2D eigenvalue weighted by molar-refractivity contribution is 5.78. The number of hydrogen-bond acceptors (Lipinski definition) is 5. The van der Waals surface area contributed by atoms with Crippen molar-refractivity contribution in [3.05, 3.63) is 30.2 Å². The molecule has 0 bridgehead atoms. The predicted molar refractivity (Wildman–Crippen MR) is 89.7 cm³/mol. The van der Waals surface area contributed by atoms with Gasteiger partial charge in [-0.2, -0.15) is 0 Å². The van der Waals surface area contributed by atoms with Crippen LogP contribution in [0.3, 0.4) is 0 Å². The monoisotopic (exact) mass is 329 g/mol. The molecule has 6 nitrogen and oxygen atoms in total. The average Bonchev–Trinajstić information content (AvgIpc) is 3.11. The number of nitrogens with zero attached hydrogens (tertiary/aromatic N) is 3. The van der Waals surface area contributed by atoms with Gasteiger partial charge in [-0.15, -0.1) is 10.2 Å². The van der Waals surface area contributed by atoms with E-state index >= 15 is 0 Å². The van der Waals surface area contributed by atoms with Crippen molar-refractivity contribution in [3.63, 3.8) is 0 Å². The fourth-order valence-electron chi connectivity index (χ4n) is 2.98. The molecule has 0 saturated carbocycles. The fourth-order valence-corrected chi connectivity index (χ4v) is 2.98. The Labute approximate surface area is 141 Å². The number of hydrogen-bond donors (Lipinski definition) is 0. The third kappa shape index (κ3) is 3.42. The Balaban J connectivity index is 1.67. The third-order valence-corrected chi connectivity index (χ3v) is 4.41. The lowest BCUT2D eigenvalue weighted by atomic mass is 9.96. The third-order valence-electron chi connectivity index (χ3n) is 4.41. The molecule has 6 heteroatoms. The first-order valence-corrected chi connectivity index (χ1v) is 8.35. The number of methoxy groups -OCH3 is 1. The van der Waals surface area contributed by atoms with E-state index in [1.165, 1.54) is 0 Å². The van der Waals surface area contributed by atoms with Crippen molar-refractivity contribution >= 4 is 5.91 Å². The van der Waals surface area contributed by atoms with E-state index in [-0.39, 0.29) is 17.7 Å². The molecule has 0 N–H and O–H groups in total. The molecule has 24 heavy (non-hydrogen) atoms. The number of likely N-dealkylation sites (tertiary alicyclic amines) is 1. The molecular formula is C18H23N3O3. The van der Waals surface area contributed by atoms with Gasteiger partial charge in [0.1, 0.15) is 5.75 Å². The zero-order valence-corrected chi connectivity index (χ0v) is 14.4. The van der Waals surface area contributed by atoms with Gasteiger partial charge in [-0.25, -0.2) is 0 Å². The SMILES string of the molecule is COc1cccc(-c2nnc(C3CCN(C(=O)C(C)C)CC3)o2)c1. The second kappa shape index (κ2) is 7.03. The summed E-state index contributed by atoms with van der Waals surface area (Å²) < 4.78 is 11.1. The fraction of sp³-hybridized carbons (Fsp3) is 0.500. The van der Waals surface area contributed by atoms with E-state index in [2.05, 4.69) is 10.2 Å². The second-order valence-electron chi connectivity index (χ2n) is 6.43. The van der Waals surface area contributed by atoms with Crippen molar-refractivity contribution in [2.75, 3.05) is 20.2 Å². The van der Waals surface area contributed by atoms with Crippen LogP contribution in [0.2, 0.25) is 0 Å². The number of ether oxygens (including phenoxy) is 1. The molecule has 0 aliphatic carbocycles. The van der Waals surface area contributed by atoms with Gasteiger partial charge in [-0.1, -0.05) is 19.9 Å². The van der Waals surface area contributed by atoms with Gasteiger partial charge in [0, 0.05) is 30.5 Å². The van der Waals surface area contributed by atoms with Gasteiger partial charge in [-0.05, 0) is 31.0 Å². The van der Waals surface area contributed by atoms with Gasteiger partial charge in [0.15, 0.2) is 0 Å². The molecule has 1 saturated heterocycles. The van der Waals surface area contributed by atoms with E-state index in [9.17, 15) is 4.79 Å². The molecule has 0 spiro atoms. The summed E-state index contributed by atoms with van der Waals surface area (Å²) in [6.07, 6.45) is 1.72. The van der Waals surface area contributed by atoms with Gasteiger partial charge in [0.05, 0.1) is 7.11 Å². The summed E-state index contributed by atoms with van der Waals surface area (Å²) in [7, 11) is 1.63. The zero-order valence-electron chi connectivity index (χ0n) is 14.4. The van der Waals surface area contributed by atoms with Crippen molar-refractivity contribution in [2.24, 2.45) is 5.92 Å². The first-order valence-electron chi connectivity index (χ1n) is 8.35. The van der Waals surface area contributed by atoms with Gasteiger partial charge in [0.2, 0.25) is 17.7 Å². The van der Waals surface area contributed by atoms with Gasteiger partial charge < -0.3 is 14.1 Å². The molecule has 0 atom stereocenters. The summed E-state index contributed by atoms with van der Waals surface area (Å²) in [5.74, 6) is 2.40. The molecule has 0 radical (unpaired) electrons. The summed E-state index contributed by atoms with van der Waals surface area (Å²) in [4.78, 5) is 14.0. The van der Waals surface area contributed by atoms with Crippen LogP contribution in [0.4, 0.5) is 0 Å². The highest BCUT2D eigenvalue weighted by atomic mass is 16.5. The summed E-state index contributed by atoms with van der Waals surface area (Å²) in [5.41, 5.74) is 0.848. The number of aromatic nitrogens is 2. The number of amides is 1. The molecule has 1 aromatic heterocycles. The minimum absolute atomic E-state index is 0.0459. The molecule has 128 valence electrons. The van der Waals surface area contributed by atoms with Crippen LogP contribution >= 0.6 is 0 Å². The van der Waals surface area contributed by atoms with E-state index in [4.69, 9.17) is 9.15 Å². The second-order valence-corrected chi connectivity index (χ2v) is 6.43. The molecule has 1 aliphatic heterocycles. The van der Waals surface area contributed by atoms with E-state index in [1.807, 2.05) is 43.0 Å². The van der Waals surface area contributed by atoms with Crippen LogP contribution in [0.25, 0.3) is 11.5 Å². The molecular weight excluding hydrogens is 306 g/mol. The lowest BCUT2D eigenvalue weighted by Crippen LogP contribution is -2.40. The predicted octanol–water partition coefficient (Wildman–Crippen LogP) is 3.11. The van der Waals surface area contributed by atoms with Crippen molar-refractivity contribution in [1.29, 1.82) is 0 Å². The Kier molecular flexibility index (Phi) is 4.83. The largest absolute Gasteiger partial charge is 0.497 e. The van der Waals surface area contributed by atoms with E-state index in [0.717, 1.165) is 37.2 Å². The Bertz CT molecular complexity index is 703. The maximum absolute atomic E-state index is 12.1. The normalized spacial score (nSPS) is 15.8. The number of carbonyl (C=O) groups excluding carboxylic acids is 1.